The molecule has 31 heavy (non-hydrogen) atoms. The van der Waals surface area contributed by atoms with Gasteiger partial charge in [0.15, 0.2) is 9.84 Å². The molecule has 2 heterocycles. The quantitative estimate of drug-likeness (QED) is 0.653. The van der Waals surface area contributed by atoms with Gasteiger partial charge < -0.3 is 4.90 Å². The number of halogens is 1. The molecule has 166 valence electrons. The monoisotopic (exact) mass is 482 g/mol. The number of carbonyl (C=O) groups excluding carboxylic acids is 1. The fourth-order valence-electron chi connectivity index (χ4n) is 4.23. The van der Waals surface area contributed by atoms with Crippen LogP contribution in [0, 0.1) is 0 Å². The zero-order chi connectivity index (χ0) is 22.2. The van der Waals surface area contributed by atoms with E-state index in [1.54, 1.807) is 42.5 Å². The lowest BCUT2D eigenvalue weighted by molar-refractivity contribution is -0.133. The molecular weight excluding hydrogens is 460 g/mol. The first kappa shape index (κ1) is 22.3. The van der Waals surface area contributed by atoms with Gasteiger partial charge in [0.05, 0.1) is 15.0 Å². The van der Waals surface area contributed by atoms with E-state index in [0.29, 0.717) is 24.3 Å². The highest BCUT2D eigenvalue weighted by Crippen LogP contribution is 2.30. The Balaban J connectivity index is 1.52. The van der Waals surface area contributed by atoms with Crippen molar-refractivity contribution >= 4 is 37.4 Å². The molecule has 2 atom stereocenters. The number of carbonyl (C=O) groups is 1. The predicted octanol–water partition coefficient (Wildman–Crippen LogP) is 2.57. The molecule has 0 aromatic heterocycles. The highest BCUT2D eigenvalue weighted by molar-refractivity contribution is 7.92. The Morgan fingerprint density at radius 1 is 0.903 bits per heavy atom. The molecule has 0 saturated carbocycles. The normalized spacial score (nSPS) is 22.7. The summed E-state index contributed by atoms with van der Waals surface area (Å²) in [5.41, 5.74) is 0. The summed E-state index contributed by atoms with van der Waals surface area (Å²) in [4.78, 5) is 15.0. The predicted molar refractivity (Wildman–Crippen MR) is 117 cm³/mol. The van der Waals surface area contributed by atoms with Crippen molar-refractivity contribution in [2.24, 2.45) is 0 Å². The molecule has 0 bridgehead atoms. The molecule has 2 aromatic rings. The van der Waals surface area contributed by atoms with Crippen molar-refractivity contribution in [3.05, 3.63) is 59.6 Å². The Hall–Kier alpha value is -1.94. The van der Waals surface area contributed by atoms with Gasteiger partial charge in [-0.2, -0.15) is 4.31 Å². The van der Waals surface area contributed by atoms with Crippen molar-refractivity contribution in [2.45, 2.75) is 40.3 Å². The van der Waals surface area contributed by atoms with Crippen LogP contribution in [0.2, 0.25) is 5.02 Å². The lowest BCUT2D eigenvalue weighted by Crippen LogP contribution is -2.47. The molecule has 2 unspecified atom stereocenters. The number of nitrogens with zero attached hydrogens (tertiary/aromatic N) is 2. The van der Waals surface area contributed by atoms with Crippen LogP contribution in [0.5, 0.6) is 0 Å². The van der Waals surface area contributed by atoms with Crippen molar-refractivity contribution in [2.75, 3.05) is 19.6 Å². The number of benzene rings is 2. The van der Waals surface area contributed by atoms with E-state index in [1.807, 2.05) is 0 Å². The molecule has 4 rings (SSSR count). The van der Waals surface area contributed by atoms with E-state index >= 15 is 0 Å². The number of likely N-dealkylation sites (tertiary alicyclic amines) is 1. The lowest BCUT2D eigenvalue weighted by atomic mass is 10.2. The van der Waals surface area contributed by atoms with Crippen molar-refractivity contribution in [3.63, 3.8) is 0 Å². The maximum Gasteiger partial charge on any atom is 0.243 e. The van der Waals surface area contributed by atoms with Crippen LogP contribution in [-0.2, 0) is 24.7 Å². The Bertz CT molecular complexity index is 1190. The van der Waals surface area contributed by atoms with E-state index < -0.39 is 31.2 Å². The van der Waals surface area contributed by atoms with Gasteiger partial charge in [-0.15, -0.1) is 0 Å². The second-order valence-corrected chi connectivity index (χ2v) is 12.3. The minimum atomic E-state index is -3.89. The van der Waals surface area contributed by atoms with Gasteiger partial charge in [-0.1, -0.05) is 35.9 Å². The van der Waals surface area contributed by atoms with Gasteiger partial charge in [-0.05, 0) is 49.6 Å². The zero-order valence-electron chi connectivity index (χ0n) is 16.7. The van der Waals surface area contributed by atoms with Crippen molar-refractivity contribution < 1.29 is 21.6 Å². The smallest absolute Gasteiger partial charge is 0.243 e. The molecule has 2 aliphatic rings. The summed E-state index contributed by atoms with van der Waals surface area (Å²) in [6.45, 7) is 0.597. The van der Waals surface area contributed by atoms with E-state index in [2.05, 4.69) is 0 Å². The standard InChI is InChI=1S/C21H23ClN2O5S2/c22-16-6-4-9-18(14-16)31(28,29)24-12-5-10-20(24)21(25)23-13-11-19(15-23)30(26,27)17-7-2-1-3-8-17/h1-4,6-9,14,19-20H,5,10-13,15H2. The van der Waals surface area contributed by atoms with Gasteiger partial charge in [0.25, 0.3) is 0 Å². The maximum atomic E-state index is 13.2. The number of sulfonamides is 1. The average molecular weight is 483 g/mol. The fourth-order valence-corrected chi connectivity index (χ4v) is 7.90. The molecule has 2 fully saturated rings. The van der Waals surface area contributed by atoms with Crippen molar-refractivity contribution in [1.82, 2.24) is 9.21 Å². The van der Waals surface area contributed by atoms with Gasteiger partial charge in [0, 0.05) is 24.7 Å². The van der Waals surface area contributed by atoms with Gasteiger partial charge in [0.1, 0.15) is 6.04 Å². The fraction of sp³-hybridized carbons (Fsp3) is 0.381. The van der Waals surface area contributed by atoms with Gasteiger partial charge in [0.2, 0.25) is 15.9 Å². The summed E-state index contributed by atoms with van der Waals surface area (Å²) in [6.07, 6.45) is 1.30. The van der Waals surface area contributed by atoms with Crippen LogP contribution in [-0.4, -0.2) is 62.9 Å². The third kappa shape index (κ3) is 4.24. The third-order valence-electron chi connectivity index (χ3n) is 5.86. The molecule has 7 nitrogen and oxygen atoms in total. The zero-order valence-corrected chi connectivity index (χ0v) is 19.1. The molecular formula is C21H23ClN2O5S2. The van der Waals surface area contributed by atoms with Gasteiger partial charge in [-0.3, -0.25) is 4.79 Å². The van der Waals surface area contributed by atoms with Gasteiger partial charge >= 0.3 is 0 Å². The molecule has 0 spiro atoms. The maximum absolute atomic E-state index is 13.2. The van der Waals surface area contributed by atoms with Crippen LogP contribution >= 0.6 is 11.6 Å². The van der Waals surface area contributed by atoms with Crippen LogP contribution in [0.25, 0.3) is 0 Å². The SMILES string of the molecule is O=C(C1CCCN1S(=O)(=O)c1cccc(Cl)c1)N1CCC(S(=O)(=O)c2ccccc2)C1. The van der Waals surface area contributed by atoms with Gasteiger partial charge in [-0.25, -0.2) is 16.8 Å². The van der Waals surface area contributed by atoms with Crippen molar-refractivity contribution in [1.29, 1.82) is 0 Å². The molecule has 0 radical (unpaired) electrons. The molecule has 0 aliphatic carbocycles. The molecule has 2 aliphatic heterocycles. The molecule has 2 saturated heterocycles. The minimum Gasteiger partial charge on any atom is -0.340 e. The summed E-state index contributed by atoms with van der Waals surface area (Å²) >= 11 is 5.95. The average Bonchev–Trinajstić information content (AvgIpc) is 3.44. The molecule has 2 aromatic carbocycles. The summed E-state index contributed by atoms with van der Waals surface area (Å²) < 4.78 is 53.3. The Kier molecular flexibility index (Phi) is 6.13. The molecule has 1 amide bonds. The van der Waals surface area contributed by atoms with Crippen LogP contribution in [0.4, 0.5) is 0 Å². The van der Waals surface area contributed by atoms with Crippen LogP contribution < -0.4 is 0 Å². The number of sulfone groups is 1. The number of amides is 1. The first-order chi connectivity index (χ1) is 14.7. The summed E-state index contributed by atoms with van der Waals surface area (Å²) in [5.74, 6) is -0.339. The Labute approximate surface area is 187 Å². The van der Waals surface area contributed by atoms with Crippen molar-refractivity contribution in [3.8, 4) is 0 Å². The largest absolute Gasteiger partial charge is 0.340 e. The van der Waals surface area contributed by atoms with E-state index in [4.69, 9.17) is 11.6 Å². The molecule has 10 heteroatoms. The lowest BCUT2D eigenvalue weighted by Gasteiger charge is -2.27. The number of hydrogen-bond acceptors (Lipinski definition) is 5. The highest BCUT2D eigenvalue weighted by Gasteiger charge is 2.44. The Morgan fingerprint density at radius 3 is 2.32 bits per heavy atom. The summed E-state index contributed by atoms with van der Waals surface area (Å²) in [5, 5.41) is -0.394. The van der Waals surface area contributed by atoms with E-state index in [1.165, 1.54) is 21.3 Å². The second kappa shape index (κ2) is 8.54. The van der Waals surface area contributed by atoms with Crippen LogP contribution in [0.3, 0.4) is 0 Å². The topological polar surface area (TPSA) is 91.8 Å². The number of rotatable bonds is 5. The van der Waals surface area contributed by atoms with E-state index in [9.17, 15) is 21.6 Å². The first-order valence-electron chi connectivity index (χ1n) is 10.1. The Morgan fingerprint density at radius 2 is 1.61 bits per heavy atom. The summed E-state index contributed by atoms with van der Waals surface area (Å²) in [6, 6.07) is 13.3. The highest BCUT2D eigenvalue weighted by atomic mass is 35.5. The van der Waals surface area contributed by atoms with E-state index in [0.717, 1.165) is 0 Å². The van der Waals surface area contributed by atoms with Crippen LogP contribution in [0.15, 0.2) is 64.4 Å². The minimum absolute atomic E-state index is 0.0469. The second-order valence-electron chi connectivity index (χ2n) is 7.78. The molecule has 0 N–H and O–H groups in total. The van der Waals surface area contributed by atoms with E-state index in [-0.39, 0.29) is 35.3 Å². The summed E-state index contributed by atoms with van der Waals surface area (Å²) in [7, 11) is -7.45. The first-order valence-corrected chi connectivity index (χ1v) is 13.4. The van der Waals surface area contributed by atoms with Crippen LogP contribution in [0.1, 0.15) is 19.3 Å². The third-order valence-corrected chi connectivity index (χ3v) is 10.2. The number of hydrogen-bond donors (Lipinski definition) is 0.